The number of fused-ring (bicyclic) bond motifs is 1. The Hall–Kier alpha value is -2.70. The number of halogens is 3. The van der Waals surface area contributed by atoms with Crippen LogP contribution in [-0.2, 0) is 6.18 Å². The normalized spacial score (nSPS) is 19.0. The van der Waals surface area contributed by atoms with Crippen LogP contribution in [0.3, 0.4) is 0 Å². The van der Waals surface area contributed by atoms with E-state index in [1.807, 2.05) is 18.2 Å². The number of benzene rings is 2. The minimum atomic E-state index is -4.55. The Labute approximate surface area is 148 Å². The molecule has 1 amide bonds. The highest BCUT2D eigenvalue weighted by atomic mass is 19.4. The van der Waals surface area contributed by atoms with Crippen molar-refractivity contribution in [3.63, 3.8) is 0 Å². The van der Waals surface area contributed by atoms with Gasteiger partial charge < -0.3 is 14.4 Å². The van der Waals surface area contributed by atoms with Crippen LogP contribution in [-0.4, -0.2) is 30.7 Å². The molecule has 2 aliphatic heterocycles. The van der Waals surface area contributed by atoms with E-state index in [2.05, 4.69) is 0 Å². The summed E-state index contributed by atoms with van der Waals surface area (Å²) in [6.45, 7) is 0.983. The number of carbonyl (C=O) groups excluding carboxylic acids is 1. The first-order valence-electron chi connectivity index (χ1n) is 8.28. The Morgan fingerprint density at radius 1 is 1.08 bits per heavy atom. The lowest BCUT2D eigenvalue weighted by Crippen LogP contribution is -2.30. The van der Waals surface area contributed by atoms with Crippen LogP contribution in [0.4, 0.5) is 13.2 Å². The van der Waals surface area contributed by atoms with Crippen molar-refractivity contribution in [2.24, 2.45) is 0 Å². The maximum atomic E-state index is 13.2. The molecule has 4 nitrogen and oxygen atoms in total. The molecule has 0 radical (unpaired) electrons. The van der Waals surface area contributed by atoms with E-state index < -0.39 is 17.6 Å². The molecule has 2 aliphatic rings. The summed E-state index contributed by atoms with van der Waals surface area (Å²) in [6.07, 6.45) is -3.86. The molecule has 1 fully saturated rings. The van der Waals surface area contributed by atoms with Gasteiger partial charge >= 0.3 is 6.18 Å². The lowest BCUT2D eigenvalue weighted by atomic mass is 9.98. The summed E-state index contributed by atoms with van der Waals surface area (Å²) < 4.78 is 50.2. The van der Waals surface area contributed by atoms with Gasteiger partial charge in [0.1, 0.15) is 0 Å². The number of amides is 1. The van der Waals surface area contributed by atoms with Gasteiger partial charge in [0.05, 0.1) is 11.1 Å². The number of hydrogen-bond acceptors (Lipinski definition) is 3. The predicted octanol–water partition coefficient (Wildman–Crippen LogP) is 4.06. The molecule has 2 heterocycles. The molecule has 1 atom stereocenters. The second-order valence-electron chi connectivity index (χ2n) is 6.39. The van der Waals surface area contributed by atoms with Gasteiger partial charge in [0.2, 0.25) is 6.79 Å². The zero-order chi connectivity index (χ0) is 18.3. The van der Waals surface area contributed by atoms with E-state index >= 15 is 0 Å². The molecule has 0 saturated carbocycles. The fourth-order valence-electron chi connectivity index (χ4n) is 3.47. The van der Waals surface area contributed by atoms with Gasteiger partial charge in [-0.25, -0.2) is 0 Å². The van der Waals surface area contributed by atoms with Gasteiger partial charge in [0.25, 0.3) is 5.91 Å². The standard InChI is InChI=1S/C19H16F3NO3/c20-19(21,22)15-4-2-1-3-14(15)18(24)23-8-7-13(10-23)12-5-6-16-17(9-12)26-11-25-16/h1-6,9,13H,7-8,10-11H2. The molecule has 136 valence electrons. The number of likely N-dealkylation sites (tertiary alicyclic amines) is 1. The van der Waals surface area contributed by atoms with Crippen LogP contribution in [0.25, 0.3) is 0 Å². The highest BCUT2D eigenvalue weighted by Crippen LogP contribution is 2.38. The molecule has 0 spiro atoms. The van der Waals surface area contributed by atoms with Gasteiger partial charge in [-0.15, -0.1) is 0 Å². The lowest BCUT2D eigenvalue weighted by molar-refractivity contribution is -0.138. The Kier molecular flexibility index (Phi) is 4.01. The summed E-state index contributed by atoms with van der Waals surface area (Å²) in [5, 5.41) is 0. The van der Waals surface area contributed by atoms with Crippen LogP contribution >= 0.6 is 0 Å². The van der Waals surface area contributed by atoms with Crippen LogP contribution in [0.1, 0.15) is 33.8 Å². The number of nitrogens with zero attached hydrogens (tertiary/aromatic N) is 1. The molecule has 1 saturated heterocycles. The molecule has 2 aromatic rings. The van der Waals surface area contributed by atoms with Crippen molar-refractivity contribution in [2.75, 3.05) is 19.9 Å². The second-order valence-corrected chi connectivity index (χ2v) is 6.39. The minimum Gasteiger partial charge on any atom is -0.454 e. The average Bonchev–Trinajstić information content (AvgIpc) is 3.29. The van der Waals surface area contributed by atoms with Crippen molar-refractivity contribution in [3.05, 3.63) is 59.2 Å². The largest absolute Gasteiger partial charge is 0.454 e. The van der Waals surface area contributed by atoms with Crippen molar-refractivity contribution < 1.29 is 27.4 Å². The maximum Gasteiger partial charge on any atom is 0.417 e. The zero-order valence-electron chi connectivity index (χ0n) is 13.8. The van der Waals surface area contributed by atoms with E-state index in [1.54, 1.807) is 0 Å². The molecule has 0 bridgehead atoms. The first-order chi connectivity index (χ1) is 12.4. The molecule has 0 aliphatic carbocycles. The predicted molar refractivity (Wildman–Crippen MR) is 87.3 cm³/mol. The fourth-order valence-corrected chi connectivity index (χ4v) is 3.47. The van der Waals surface area contributed by atoms with Crippen LogP contribution in [0.2, 0.25) is 0 Å². The Morgan fingerprint density at radius 2 is 1.85 bits per heavy atom. The summed E-state index contributed by atoms with van der Waals surface area (Å²) in [4.78, 5) is 14.1. The van der Waals surface area contributed by atoms with Crippen molar-refractivity contribution in [1.82, 2.24) is 4.90 Å². The van der Waals surface area contributed by atoms with Crippen LogP contribution < -0.4 is 9.47 Å². The topological polar surface area (TPSA) is 38.8 Å². The second kappa shape index (κ2) is 6.23. The number of carbonyl (C=O) groups is 1. The molecule has 26 heavy (non-hydrogen) atoms. The quantitative estimate of drug-likeness (QED) is 0.808. The molecular weight excluding hydrogens is 347 g/mol. The number of rotatable bonds is 2. The smallest absolute Gasteiger partial charge is 0.417 e. The lowest BCUT2D eigenvalue weighted by Gasteiger charge is -2.19. The summed E-state index contributed by atoms with van der Waals surface area (Å²) in [7, 11) is 0. The number of hydrogen-bond donors (Lipinski definition) is 0. The molecule has 0 N–H and O–H groups in total. The van der Waals surface area contributed by atoms with Gasteiger partial charge in [0, 0.05) is 19.0 Å². The van der Waals surface area contributed by atoms with Gasteiger partial charge in [-0.05, 0) is 36.2 Å². The third-order valence-corrected chi connectivity index (χ3v) is 4.81. The SMILES string of the molecule is O=C(c1ccccc1C(F)(F)F)N1CCC(c2ccc3c(c2)OCO3)C1. The van der Waals surface area contributed by atoms with E-state index in [4.69, 9.17) is 9.47 Å². The monoisotopic (exact) mass is 363 g/mol. The summed E-state index contributed by atoms with van der Waals surface area (Å²) in [6, 6.07) is 10.5. The first-order valence-corrected chi connectivity index (χ1v) is 8.28. The Bertz CT molecular complexity index is 850. The highest BCUT2D eigenvalue weighted by Gasteiger charge is 2.37. The van der Waals surface area contributed by atoms with Crippen molar-refractivity contribution in [2.45, 2.75) is 18.5 Å². The summed E-state index contributed by atoms with van der Waals surface area (Å²) in [5.41, 5.74) is -0.198. The van der Waals surface area contributed by atoms with Crippen LogP contribution in [0, 0.1) is 0 Å². The van der Waals surface area contributed by atoms with Crippen LogP contribution in [0.5, 0.6) is 11.5 Å². The molecular formula is C19H16F3NO3. The van der Waals surface area contributed by atoms with Crippen LogP contribution in [0.15, 0.2) is 42.5 Å². The average molecular weight is 363 g/mol. The molecule has 1 unspecified atom stereocenters. The molecule has 2 aromatic carbocycles. The van der Waals surface area contributed by atoms with Crippen molar-refractivity contribution >= 4 is 5.91 Å². The van der Waals surface area contributed by atoms with Crippen molar-refractivity contribution in [1.29, 1.82) is 0 Å². The molecule has 0 aromatic heterocycles. The van der Waals surface area contributed by atoms with Gasteiger partial charge in [-0.3, -0.25) is 4.79 Å². The Balaban J connectivity index is 1.53. The maximum absolute atomic E-state index is 13.2. The van der Waals surface area contributed by atoms with E-state index in [-0.39, 0.29) is 18.3 Å². The Morgan fingerprint density at radius 3 is 2.65 bits per heavy atom. The van der Waals surface area contributed by atoms with Gasteiger partial charge in [-0.2, -0.15) is 13.2 Å². The minimum absolute atomic E-state index is 0.0616. The fraction of sp³-hybridized carbons (Fsp3) is 0.316. The first kappa shape index (κ1) is 16.8. The molecule has 7 heteroatoms. The number of ether oxygens (including phenoxy) is 2. The zero-order valence-corrected chi connectivity index (χ0v) is 13.8. The summed E-state index contributed by atoms with van der Waals surface area (Å²) in [5.74, 6) is 0.821. The van der Waals surface area contributed by atoms with Crippen molar-refractivity contribution in [3.8, 4) is 11.5 Å². The highest BCUT2D eigenvalue weighted by molar-refractivity contribution is 5.96. The summed E-state index contributed by atoms with van der Waals surface area (Å²) >= 11 is 0. The molecule has 4 rings (SSSR count). The van der Waals surface area contributed by atoms with E-state index in [0.29, 0.717) is 31.0 Å². The third-order valence-electron chi connectivity index (χ3n) is 4.81. The number of alkyl halides is 3. The third kappa shape index (κ3) is 2.98. The van der Waals surface area contributed by atoms with Gasteiger partial charge in [-0.1, -0.05) is 18.2 Å². The van der Waals surface area contributed by atoms with E-state index in [9.17, 15) is 18.0 Å². The van der Waals surface area contributed by atoms with E-state index in [0.717, 1.165) is 11.6 Å². The van der Waals surface area contributed by atoms with E-state index in [1.165, 1.54) is 23.1 Å². The van der Waals surface area contributed by atoms with Gasteiger partial charge in [0.15, 0.2) is 11.5 Å².